The predicted octanol–water partition coefficient (Wildman–Crippen LogP) is 2.08. The standard InChI is InChI=1S/C13H24O5/c1-3-5-6-7-9-18-13(15)11-16-10-12(14)17-8-4-2/h3-11H2,1-2H3. The Bertz CT molecular complexity index is 227. The van der Waals surface area contributed by atoms with Crippen LogP contribution in [0.15, 0.2) is 0 Å². The fourth-order valence-electron chi connectivity index (χ4n) is 1.23. The van der Waals surface area contributed by atoms with E-state index in [0.29, 0.717) is 13.2 Å². The highest BCUT2D eigenvalue weighted by molar-refractivity contribution is 5.73. The second kappa shape index (κ2) is 12.4. The van der Waals surface area contributed by atoms with Crippen molar-refractivity contribution in [3.05, 3.63) is 0 Å². The molecule has 0 aromatic carbocycles. The summed E-state index contributed by atoms with van der Waals surface area (Å²) in [7, 11) is 0. The third kappa shape index (κ3) is 11.4. The summed E-state index contributed by atoms with van der Waals surface area (Å²) in [5, 5.41) is 0. The lowest BCUT2D eigenvalue weighted by Gasteiger charge is -2.06. The molecule has 0 aromatic heterocycles. The summed E-state index contributed by atoms with van der Waals surface area (Å²) in [6.45, 7) is 4.42. The van der Waals surface area contributed by atoms with E-state index in [0.717, 1.165) is 32.1 Å². The van der Waals surface area contributed by atoms with Crippen LogP contribution in [0, 0.1) is 0 Å². The van der Waals surface area contributed by atoms with Gasteiger partial charge in [0, 0.05) is 0 Å². The summed E-state index contributed by atoms with van der Waals surface area (Å²) < 4.78 is 14.6. The van der Waals surface area contributed by atoms with Gasteiger partial charge >= 0.3 is 11.9 Å². The Morgan fingerprint density at radius 3 is 1.94 bits per heavy atom. The van der Waals surface area contributed by atoms with Gasteiger partial charge in [-0.25, -0.2) is 9.59 Å². The van der Waals surface area contributed by atoms with Gasteiger partial charge in [0.15, 0.2) is 0 Å². The highest BCUT2D eigenvalue weighted by Crippen LogP contribution is 1.99. The molecule has 0 unspecified atom stereocenters. The molecule has 0 rings (SSSR count). The molecule has 0 spiro atoms. The number of esters is 2. The third-order valence-electron chi connectivity index (χ3n) is 2.17. The van der Waals surface area contributed by atoms with Crippen molar-refractivity contribution in [2.45, 2.75) is 46.0 Å². The maximum absolute atomic E-state index is 11.2. The van der Waals surface area contributed by atoms with Crippen LogP contribution in [0.5, 0.6) is 0 Å². The zero-order chi connectivity index (χ0) is 13.6. The van der Waals surface area contributed by atoms with Crippen LogP contribution in [-0.2, 0) is 23.8 Å². The van der Waals surface area contributed by atoms with Gasteiger partial charge in [0.05, 0.1) is 13.2 Å². The summed E-state index contributed by atoms with van der Waals surface area (Å²) in [6.07, 6.45) is 5.01. The first-order chi connectivity index (χ1) is 8.70. The molecule has 0 bridgehead atoms. The number of carbonyl (C=O) groups is 2. The normalized spacial score (nSPS) is 10.1. The average molecular weight is 260 g/mol. The van der Waals surface area contributed by atoms with Crippen LogP contribution in [0.4, 0.5) is 0 Å². The van der Waals surface area contributed by atoms with Crippen LogP contribution in [0.1, 0.15) is 46.0 Å². The second-order valence-electron chi connectivity index (χ2n) is 3.99. The molecular weight excluding hydrogens is 236 g/mol. The largest absolute Gasteiger partial charge is 0.464 e. The van der Waals surface area contributed by atoms with E-state index >= 15 is 0 Å². The van der Waals surface area contributed by atoms with E-state index in [4.69, 9.17) is 14.2 Å². The lowest BCUT2D eigenvalue weighted by molar-refractivity contribution is -0.155. The van der Waals surface area contributed by atoms with Crippen molar-refractivity contribution in [3.63, 3.8) is 0 Å². The van der Waals surface area contributed by atoms with Gasteiger partial charge in [-0.05, 0) is 12.8 Å². The van der Waals surface area contributed by atoms with Gasteiger partial charge in [0.2, 0.25) is 0 Å². The highest BCUT2D eigenvalue weighted by atomic mass is 16.6. The monoisotopic (exact) mass is 260 g/mol. The lowest BCUT2D eigenvalue weighted by atomic mass is 10.2. The number of hydrogen-bond acceptors (Lipinski definition) is 5. The Morgan fingerprint density at radius 2 is 1.39 bits per heavy atom. The van der Waals surface area contributed by atoms with E-state index in [1.165, 1.54) is 0 Å². The van der Waals surface area contributed by atoms with E-state index in [2.05, 4.69) is 6.92 Å². The van der Waals surface area contributed by atoms with E-state index in [1.807, 2.05) is 6.92 Å². The topological polar surface area (TPSA) is 61.8 Å². The molecule has 0 saturated carbocycles. The molecular formula is C13H24O5. The maximum Gasteiger partial charge on any atom is 0.332 e. The lowest BCUT2D eigenvalue weighted by Crippen LogP contribution is -2.19. The third-order valence-corrected chi connectivity index (χ3v) is 2.17. The zero-order valence-electron chi connectivity index (χ0n) is 11.4. The second-order valence-corrected chi connectivity index (χ2v) is 3.99. The van der Waals surface area contributed by atoms with Crippen molar-refractivity contribution in [1.82, 2.24) is 0 Å². The number of unbranched alkanes of at least 4 members (excludes halogenated alkanes) is 3. The number of carbonyl (C=O) groups excluding carboxylic acids is 2. The van der Waals surface area contributed by atoms with Crippen molar-refractivity contribution < 1.29 is 23.8 Å². The Labute approximate surface area is 109 Å². The van der Waals surface area contributed by atoms with E-state index < -0.39 is 11.9 Å². The Balaban J connectivity index is 3.33. The van der Waals surface area contributed by atoms with Gasteiger partial charge in [-0.2, -0.15) is 0 Å². The van der Waals surface area contributed by atoms with Gasteiger partial charge in [-0.3, -0.25) is 0 Å². The fourth-order valence-corrected chi connectivity index (χ4v) is 1.23. The summed E-state index contributed by atoms with van der Waals surface area (Å²) in [5.41, 5.74) is 0. The molecule has 0 amide bonds. The van der Waals surface area contributed by atoms with Crippen molar-refractivity contribution in [3.8, 4) is 0 Å². The van der Waals surface area contributed by atoms with E-state index in [-0.39, 0.29) is 13.2 Å². The van der Waals surface area contributed by atoms with Crippen molar-refractivity contribution in [2.75, 3.05) is 26.4 Å². The van der Waals surface area contributed by atoms with Crippen LogP contribution >= 0.6 is 0 Å². The Kier molecular flexibility index (Phi) is 11.6. The van der Waals surface area contributed by atoms with Crippen LogP contribution in [0.2, 0.25) is 0 Å². The summed E-state index contributed by atoms with van der Waals surface area (Å²) in [5.74, 6) is -0.887. The van der Waals surface area contributed by atoms with Gasteiger partial charge in [0.1, 0.15) is 13.2 Å². The molecule has 0 aromatic rings. The molecule has 0 atom stereocenters. The number of rotatable bonds is 11. The quantitative estimate of drug-likeness (QED) is 0.420. The molecule has 0 saturated heterocycles. The number of ether oxygens (including phenoxy) is 3. The molecule has 5 nitrogen and oxygen atoms in total. The van der Waals surface area contributed by atoms with Crippen molar-refractivity contribution in [1.29, 1.82) is 0 Å². The molecule has 5 heteroatoms. The van der Waals surface area contributed by atoms with Crippen molar-refractivity contribution >= 4 is 11.9 Å². The minimum atomic E-state index is -0.451. The van der Waals surface area contributed by atoms with Crippen LogP contribution in [0.3, 0.4) is 0 Å². The molecule has 0 aliphatic heterocycles. The minimum absolute atomic E-state index is 0.199. The molecule has 0 heterocycles. The van der Waals surface area contributed by atoms with Crippen LogP contribution < -0.4 is 0 Å². The van der Waals surface area contributed by atoms with Gasteiger partial charge < -0.3 is 14.2 Å². The number of hydrogen-bond donors (Lipinski definition) is 0. The van der Waals surface area contributed by atoms with E-state index in [9.17, 15) is 9.59 Å². The summed E-state index contributed by atoms with van der Waals surface area (Å²) >= 11 is 0. The molecule has 18 heavy (non-hydrogen) atoms. The van der Waals surface area contributed by atoms with Crippen molar-refractivity contribution in [2.24, 2.45) is 0 Å². The van der Waals surface area contributed by atoms with Gasteiger partial charge in [-0.15, -0.1) is 0 Å². The zero-order valence-corrected chi connectivity index (χ0v) is 11.4. The predicted molar refractivity (Wildman–Crippen MR) is 67.2 cm³/mol. The highest BCUT2D eigenvalue weighted by Gasteiger charge is 2.06. The summed E-state index contributed by atoms with van der Waals surface area (Å²) in [6, 6.07) is 0. The van der Waals surface area contributed by atoms with Crippen LogP contribution in [-0.4, -0.2) is 38.4 Å². The smallest absolute Gasteiger partial charge is 0.332 e. The fraction of sp³-hybridized carbons (Fsp3) is 0.846. The van der Waals surface area contributed by atoms with Crippen LogP contribution in [0.25, 0.3) is 0 Å². The maximum atomic E-state index is 11.2. The average Bonchev–Trinajstić information content (AvgIpc) is 2.36. The molecule has 0 aliphatic rings. The molecule has 106 valence electrons. The Morgan fingerprint density at radius 1 is 0.778 bits per heavy atom. The SMILES string of the molecule is CCCCCCOC(=O)COCC(=O)OCCC. The molecule has 0 radical (unpaired) electrons. The molecule has 0 fully saturated rings. The molecule has 0 aliphatic carbocycles. The minimum Gasteiger partial charge on any atom is -0.464 e. The Hall–Kier alpha value is -1.10. The first kappa shape index (κ1) is 16.9. The van der Waals surface area contributed by atoms with Gasteiger partial charge in [0.25, 0.3) is 0 Å². The summed E-state index contributed by atoms with van der Waals surface area (Å²) in [4.78, 5) is 22.2. The first-order valence-electron chi connectivity index (χ1n) is 6.59. The van der Waals surface area contributed by atoms with Gasteiger partial charge in [-0.1, -0.05) is 33.1 Å². The van der Waals surface area contributed by atoms with E-state index in [1.54, 1.807) is 0 Å². The first-order valence-corrected chi connectivity index (χ1v) is 6.59. The molecule has 0 N–H and O–H groups in total.